The van der Waals surface area contributed by atoms with Gasteiger partial charge in [-0.3, -0.25) is 0 Å². The summed E-state index contributed by atoms with van der Waals surface area (Å²) in [5.41, 5.74) is -0.602. The zero-order valence-electron chi connectivity index (χ0n) is 8.76. The Balaban J connectivity index is 1.96. The van der Waals surface area contributed by atoms with Gasteiger partial charge in [0.2, 0.25) is 0 Å². The van der Waals surface area contributed by atoms with Gasteiger partial charge in [0, 0.05) is 6.54 Å². The van der Waals surface area contributed by atoms with Crippen LogP contribution < -0.4 is 5.32 Å². The van der Waals surface area contributed by atoms with E-state index < -0.39 is 17.9 Å². The minimum Gasteiger partial charge on any atom is -0.369 e. The van der Waals surface area contributed by atoms with Crippen molar-refractivity contribution >= 4 is 0 Å². The molecule has 0 amide bonds. The van der Waals surface area contributed by atoms with E-state index in [-0.39, 0.29) is 6.10 Å². The molecule has 1 aliphatic carbocycles. The number of hydrogen-bond acceptors (Lipinski definition) is 2. The Kier molecular flexibility index (Phi) is 3.35. The maximum atomic E-state index is 12.4. The molecule has 0 aromatic rings. The Morgan fingerprint density at radius 3 is 2.81 bits per heavy atom. The van der Waals surface area contributed by atoms with Gasteiger partial charge < -0.3 is 10.1 Å². The summed E-state index contributed by atoms with van der Waals surface area (Å²) in [7, 11) is 0. The predicted octanol–water partition coefficient (Wildman–Crippen LogP) is 2.18. The molecule has 0 spiro atoms. The molecule has 1 heterocycles. The first-order valence-electron chi connectivity index (χ1n) is 5.37. The van der Waals surface area contributed by atoms with Crippen molar-refractivity contribution in [3.8, 4) is 0 Å². The molecule has 2 aliphatic rings. The van der Waals surface area contributed by atoms with E-state index in [0.717, 1.165) is 25.6 Å². The molecule has 2 atom stereocenters. The zero-order valence-corrected chi connectivity index (χ0v) is 8.76. The summed E-state index contributed by atoms with van der Waals surface area (Å²) < 4.78 is 42.9. The van der Waals surface area contributed by atoms with Gasteiger partial charge in [-0.05, 0) is 25.5 Å². The molecule has 1 saturated heterocycles. The van der Waals surface area contributed by atoms with E-state index in [1.807, 2.05) is 0 Å². The maximum Gasteiger partial charge on any atom is 0.416 e. The quantitative estimate of drug-likeness (QED) is 0.789. The van der Waals surface area contributed by atoms with Crippen LogP contribution in [-0.4, -0.2) is 31.5 Å². The van der Waals surface area contributed by atoms with Crippen molar-refractivity contribution in [3.05, 3.63) is 23.8 Å². The van der Waals surface area contributed by atoms with Crippen LogP contribution in [0.1, 0.15) is 12.8 Å². The highest BCUT2D eigenvalue weighted by Gasteiger charge is 2.34. The largest absolute Gasteiger partial charge is 0.416 e. The van der Waals surface area contributed by atoms with Gasteiger partial charge >= 0.3 is 6.18 Å². The third-order valence-corrected chi connectivity index (χ3v) is 2.74. The number of halogens is 3. The average Bonchev–Trinajstić information content (AvgIpc) is 2.70. The molecule has 1 fully saturated rings. The van der Waals surface area contributed by atoms with E-state index in [1.54, 1.807) is 0 Å². The van der Waals surface area contributed by atoms with E-state index in [2.05, 4.69) is 5.32 Å². The molecular weight excluding hydrogens is 219 g/mol. The van der Waals surface area contributed by atoms with Gasteiger partial charge in [-0.2, -0.15) is 13.2 Å². The Bertz CT molecular complexity index is 303. The first-order valence-corrected chi connectivity index (χ1v) is 5.37. The first-order chi connectivity index (χ1) is 7.55. The lowest BCUT2D eigenvalue weighted by molar-refractivity contribution is -0.0903. The molecule has 90 valence electrons. The highest BCUT2D eigenvalue weighted by Crippen LogP contribution is 2.30. The molecule has 0 aromatic carbocycles. The van der Waals surface area contributed by atoms with Crippen molar-refractivity contribution in [3.63, 3.8) is 0 Å². The van der Waals surface area contributed by atoms with Crippen LogP contribution in [0.15, 0.2) is 23.8 Å². The Hall–Kier alpha value is -0.810. The molecule has 16 heavy (non-hydrogen) atoms. The van der Waals surface area contributed by atoms with Crippen molar-refractivity contribution in [2.75, 3.05) is 13.1 Å². The normalized spacial score (nSPS) is 30.6. The van der Waals surface area contributed by atoms with Crippen LogP contribution in [0.5, 0.6) is 0 Å². The number of ether oxygens (including phenoxy) is 1. The summed E-state index contributed by atoms with van der Waals surface area (Å²) in [5.74, 6) is 0. The van der Waals surface area contributed by atoms with Crippen LogP contribution >= 0.6 is 0 Å². The molecule has 2 nitrogen and oxygen atoms in total. The second-order valence-corrected chi connectivity index (χ2v) is 4.05. The van der Waals surface area contributed by atoms with Crippen LogP contribution in [0.4, 0.5) is 13.2 Å². The van der Waals surface area contributed by atoms with E-state index in [4.69, 9.17) is 4.74 Å². The van der Waals surface area contributed by atoms with E-state index in [1.165, 1.54) is 12.2 Å². The van der Waals surface area contributed by atoms with Crippen LogP contribution in [0.3, 0.4) is 0 Å². The van der Waals surface area contributed by atoms with E-state index in [9.17, 15) is 13.2 Å². The second-order valence-electron chi connectivity index (χ2n) is 4.05. The van der Waals surface area contributed by atoms with Gasteiger partial charge in [-0.25, -0.2) is 0 Å². The molecule has 2 unspecified atom stereocenters. The van der Waals surface area contributed by atoms with Gasteiger partial charge in [0.05, 0.1) is 17.8 Å². The number of rotatable bonds is 2. The molecule has 0 saturated carbocycles. The SMILES string of the molecule is FC(F)(F)C1=CC(OC2CCNC2)CC=C1. The standard InChI is InChI=1S/C11H14F3NO/c12-11(13,14)8-2-1-3-9(6-8)16-10-4-5-15-7-10/h1-2,6,9-10,15H,3-5,7H2. The minimum atomic E-state index is -4.27. The van der Waals surface area contributed by atoms with Gasteiger partial charge in [0.15, 0.2) is 0 Å². The molecule has 0 bridgehead atoms. The van der Waals surface area contributed by atoms with Crippen molar-refractivity contribution in [2.24, 2.45) is 0 Å². The van der Waals surface area contributed by atoms with E-state index in [0.29, 0.717) is 6.42 Å². The lowest BCUT2D eigenvalue weighted by Crippen LogP contribution is -2.25. The molecule has 5 heteroatoms. The Morgan fingerprint density at radius 2 is 2.19 bits per heavy atom. The van der Waals surface area contributed by atoms with Crippen LogP contribution in [0, 0.1) is 0 Å². The Morgan fingerprint density at radius 1 is 1.38 bits per heavy atom. The summed E-state index contributed by atoms with van der Waals surface area (Å²) in [6, 6.07) is 0. The fourth-order valence-corrected chi connectivity index (χ4v) is 1.93. The fourth-order valence-electron chi connectivity index (χ4n) is 1.93. The predicted molar refractivity (Wildman–Crippen MR) is 54.0 cm³/mol. The third kappa shape index (κ3) is 2.86. The number of nitrogens with one attached hydrogen (secondary N) is 1. The second kappa shape index (κ2) is 4.59. The van der Waals surface area contributed by atoms with Crippen LogP contribution in [-0.2, 0) is 4.74 Å². The molecule has 1 aliphatic heterocycles. The summed E-state index contributed by atoms with van der Waals surface area (Å²) in [5, 5.41) is 3.12. The maximum absolute atomic E-state index is 12.4. The Labute approximate surface area is 92.2 Å². The molecular formula is C11H14F3NO. The van der Waals surface area contributed by atoms with Crippen LogP contribution in [0.2, 0.25) is 0 Å². The molecule has 2 rings (SSSR count). The van der Waals surface area contributed by atoms with Gasteiger partial charge in [-0.1, -0.05) is 12.2 Å². The number of allylic oxidation sites excluding steroid dienone is 2. The first kappa shape index (κ1) is 11.7. The van der Waals surface area contributed by atoms with Gasteiger partial charge in [0.1, 0.15) is 0 Å². The summed E-state index contributed by atoms with van der Waals surface area (Å²) in [6.45, 7) is 1.61. The highest BCUT2D eigenvalue weighted by molar-refractivity contribution is 5.28. The summed E-state index contributed by atoms with van der Waals surface area (Å²) >= 11 is 0. The average molecular weight is 233 g/mol. The smallest absolute Gasteiger partial charge is 0.369 e. The van der Waals surface area contributed by atoms with Crippen molar-refractivity contribution in [2.45, 2.75) is 31.2 Å². The van der Waals surface area contributed by atoms with Crippen molar-refractivity contribution in [1.29, 1.82) is 0 Å². The van der Waals surface area contributed by atoms with Crippen LogP contribution in [0.25, 0.3) is 0 Å². The molecule has 0 radical (unpaired) electrons. The molecule has 0 aromatic heterocycles. The third-order valence-electron chi connectivity index (χ3n) is 2.74. The van der Waals surface area contributed by atoms with Gasteiger partial charge in [-0.15, -0.1) is 0 Å². The lowest BCUT2D eigenvalue weighted by Gasteiger charge is -2.22. The van der Waals surface area contributed by atoms with Crippen molar-refractivity contribution in [1.82, 2.24) is 5.32 Å². The number of alkyl halides is 3. The van der Waals surface area contributed by atoms with E-state index >= 15 is 0 Å². The summed E-state index contributed by atoms with van der Waals surface area (Å²) in [4.78, 5) is 0. The highest BCUT2D eigenvalue weighted by atomic mass is 19.4. The van der Waals surface area contributed by atoms with Gasteiger partial charge in [0.25, 0.3) is 0 Å². The lowest BCUT2D eigenvalue weighted by atomic mass is 10.0. The molecule has 1 N–H and O–H groups in total. The van der Waals surface area contributed by atoms with Crippen molar-refractivity contribution < 1.29 is 17.9 Å². The zero-order chi connectivity index (χ0) is 11.6. The minimum absolute atomic E-state index is 0.0437. The fraction of sp³-hybridized carbons (Fsp3) is 0.636. The topological polar surface area (TPSA) is 21.3 Å². The monoisotopic (exact) mass is 233 g/mol. The summed E-state index contributed by atoms with van der Waals surface area (Å²) in [6.07, 6.45) is 0.549. The number of hydrogen-bond donors (Lipinski definition) is 1.